The van der Waals surface area contributed by atoms with Crippen LogP contribution in [0.1, 0.15) is 47.0 Å². The van der Waals surface area contributed by atoms with Crippen LogP contribution in [-0.4, -0.2) is 28.3 Å². The third-order valence-electron chi connectivity index (χ3n) is 4.53. The molecule has 0 saturated carbocycles. The molecule has 4 nitrogen and oxygen atoms in total. The molecule has 0 radical (unpaired) electrons. The molecular weight excluding hydrogens is 349 g/mol. The molecule has 0 fully saturated rings. The lowest BCUT2D eigenvalue weighted by Gasteiger charge is -2.40. The Bertz CT molecular complexity index is 574. The second-order valence-corrected chi connectivity index (χ2v) is 13.6. The minimum absolute atomic E-state index is 0.0518. The van der Waals surface area contributed by atoms with Crippen molar-refractivity contribution in [3.8, 4) is 0 Å². The van der Waals surface area contributed by atoms with E-state index < -0.39 is 30.0 Å². The van der Waals surface area contributed by atoms with Crippen molar-refractivity contribution in [3.63, 3.8) is 0 Å². The summed E-state index contributed by atoms with van der Waals surface area (Å²) in [5.74, 6) is -0.141. The van der Waals surface area contributed by atoms with Gasteiger partial charge in [-0.25, -0.2) is 0 Å². The Morgan fingerprint density at radius 2 is 1.70 bits per heavy atom. The SMILES string of the molecule is CC1=C(OS(=O)(=O)C(F)(F)F)CCCC1O[Si](C)(C)C(C)(C)C. The quantitative estimate of drug-likeness (QED) is 0.407. The predicted octanol–water partition coefficient (Wildman–Crippen LogP) is 4.70. The van der Waals surface area contributed by atoms with Gasteiger partial charge >= 0.3 is 15.6 Å². The molecular formula is C14H25F3O4SSi. The number of allylic oxidation sites excluding steroid dienone is 1. The summed E-state index contributed by atoms with van der Waals surface area (Å²) in [6.45, 7) is 11.9. The Balaban J connectivity index is 3.04. The molecule has 1 atom stereocenters. The van der Waals surface area contributed by atoms with Crippen molar-refractivity contribution >= 4 is 18.4 Å². The van der Waals surface area contributed by atoms with Gasteiger partial charge in [-0.2, -0.15) is 21.6 Å². The van der Waals surface area contributed by atoms with Crippen LogP contribution in [-0.2, 0) is 18.7 Å². The first kappa shape index (κ1) is 20.5. The van der Waals surface area contributed by atoms with Gasteiger partial charge in [-0.1, -0.05) is 20.8 Å². The number of alkyl halides is 3. The van der Waals surface area contributed by atoms with E-state index in [9.17, 15) is 21.6 Å². The molecule has 0 saturated heterocycles. The normalized spacial score (nSPS) is 21.5. The number of rotatable bonds is 4. The minimum Gasteiger partial charge on any atom is -0.410 e. The molecule has 0 spiro atoms. The predicted molar refractivity (Wildman–Crippen MR) is 84.7 cm³/mol. The van der Waals surface area contributed by atoms with E-state index in [1.54, 1.807) is 6.92 Å². The lowest BCUT2D eigenvalue weighted by atomic mass is 9.96. The average Bonchev–Trinajstić information content (AvgIpc) is 2.31. The average molecular weight is 374 g/mol. The molecule has 136 valence electrons. The molecule has 0 heterocycles. The molecule has 0 aliphatic heterocycles. The summed E-state index contributed by atoms with van der Waals surface area (Å²) in [5.41, 5.74) is -4.98. The second kappa shape index (κ2) is 6.40. The molecule has 1 rings (SSSR count). The van der Waals surface area contributed by atoms with Crippen LogP contribution in [0.4, 0.5) is 13.2 Å². The van der Waals surface area contributed by atoms with Gasteiger partial charge in [-0.05, 0) is 43.5 Å². The zero-order chi connectivity index (χ0) is 18.3. The first-order valence-corrected chi connectivity index (χ1v) is 11.8. The van der Waals surface area contributed by atoms with Gasteiger partial charge < -0.3 is 8.61 Å². The standard InChI is InChI=1S/C14H25F3O4SSi/c1-10-11(20-22(18,19)14(15,16)17)8-7-9-12(10)21-23(5,6)13(2,3)4/h12H,7-9H2,1-6H3. The highest BCUT2D eigenvalue weighted by Gasteiger charge is 2.49. The fourth-order valence-electron chi connectivity index (χ4n) is 2.01. The molecule has 1 aliphatic rings. The van der Waals surface area contributed by atoms with Crippen molar-refractivity contribution in [1.82, 2.24) is 0 Å². The van der Waals surface area contributed by atoms with Crippen LogP contribution in [0, 0.1) is 0 Å². The van der Waals surface area contributed by atoms with Gasteiger partial charge in [0, 0.05) is 6.42 Å². The summed E-state index contributed by atoms with van der Waals surface area (Å²) in [7, 11) is -7.75. The Kier molecular flexibility index (Phi) is 5.70. The van der Waals surface area contributed by atoms with E-state index in [0.29, 0.717) is 18.4 Å². The maximum absolute atomic E-state index is 12.5. The Morgan fingerprint density at radius 3 is 2.13 bits per heavy atom. The highest BCUT2D eigenvalue weighted by molar-refractivity contribution is 7.87. The smallest absolute Gasteiger partial charge is 0.410 e. The molecule has 0 N–H and O–H groups in total. The molecule has 1 aliphatic carbocycles. The Hall–Kier alpha value is -0.543. The van der Waals surface area contributed by atoms with E-state index in [-0.39, 0.29) is 17.2 Å². The maximum Gasteiger partial charge on any atom is 0.534 e. The molecule has 9 heteroatoms. The summed E-state index contributed by atoms with van der Waals surface area (Å²) in [6, 6.07) is 0. The van der Waals surface area contributed by atoms with Crippen LogP contribution in [0.5, 0.6) is 0 Å². The van der Waals surface area contributed by atoms with Crippen molar-refractivity contribution in [3.05, 3.63) is 11.3 Å². The minimum atomic E-state index is -5.63. The van der Waals surface area contributed by atoms with Crippen molar-refractivity contribution in [2.24, 2.45) is 0 Å². The van der Waals surface area contributed by atoms with Gasteiger partial charge in [-0.15, -0.1) is 0 Å². The van der Waals surface area contributed by atoms with Crippen molar-refractivity contribution < 1.29 is 30.2 Å². The summed E-state index contributed by atoms with van der Waals surface area (Å²) in [5, 5.41) is -0.0518. The highest BCUT2D eigenvalue weighted by atomic mass is 32.2. The number of hydrogen-bond acceptors (Lipinski definition) is 4. The highest BCUT2D eigenvalue weighted by Crippen LogP contribution is 2.41. The molecule has 0 bridgehead atoms. The zero-order valence-corrected chi connectivity index (χ0v) is 16.2. The number of halogens is 3. The molecule has 0 aromatic rings. The van der Waals surface area contributed by atoms with Gasteiger partial charge in [0.15, 0.2) is 8.32 Å². The number of hydrogen-bond donors (Lipinski definition) is 0. The lowest BCUT2D eigenvalue weighted by molar-refractivity contribution is -0.0526. The van der Waals surface area contributed by atoms with Crippen LogP contribution in [0.2, 0.25) is 18.1 Å². The van der Waals surface area contributed by atoms with E-state index >= 15 is 0 Å². The van der Waals surface area contributed by atoms with Crippen LogP contribution >= 0.6 is 0 Å². The summed E-state index contributed by atoms with van der Waals surface area (Å²) in [4.78, 5) is 0. The zero-order valence-electron chi connectivity index (χ0n) is 14.4. The van der Waals surface area contributed by atoms with Crippen molar-refractivity contribution in [1.29, 1.82) is 0 Å². The maximum atomic E-state index is 12.5. The van der Waals surface area contributed by atoms with Gasteiger partial charge in [-0.3, -0.25) is 0 Å². The fraction of sp³-hybridized carbons (Fsp3) is 0.857. The first-order valence-electron chi connectivity index (χ1n) is 7.47. The first-order chi connectivity index (χ1) is 10.1. The third-order valence-corrected chi connectivity index (χ3v) is 10.0. The van der Waals surface area contributed by atoms with E-state index in [1.807, 2.05) is 13.1 Å². The fourth-order valence-corrected chi connectivity index (χ4v) is 3.94. The molecule has 0 aromatic carbocycles. The van der Waals surface area contributed by atoms with Crippen LogP contribution in [0.15, 0.2) is 11.3 Å². The Morgan fingerprint density at radius 1 is 1.17 bits per heavy atom. The van der Waals surface area contributed by atoms with E-state index in [2.05, 4.69) is 25.0 Å². The molecule has 1 unspecified atom stereocenters. The van der Waals surface area contributed by atoms with Crippen LogP contribution in [0.3, 0.4) is 0 Å². The summed E-state index contributed by atoms with van der Waals surface area (Å²) in [6.07, 6.45) is 0.942. The summed E-state index contributed by atoms with van der Waals surface area (Å²) >= 11 is 0. The van der Waals surface area contributed by atoms with Crippen LogP contribution in [0.25, 0.3) is 0 Å². The largest absolute Gasteiger partial charge is 0.534 e. The van der Waals surface area contributed by atoms with Crippen LogP contribution < -0.4 is 0 Å². The van der Waals surface area contributed by atoms with Gasteiger partial charge in [0.05, 0.1) is 6.10 Å². The van der Waals surface area contributed by atoms with Crippen molar-refractivity contribution in [2.45, 2.75) is 76.7 Å². The monoisotopic (exact) mass is 374 g/mol. The van der Waals surface area contributed by atoms with Crippen molar-refractivity contribution in [2.75, 3.05) is 0 Å². The molecule has 0 amide bonds. The van der Waals surface area contributed by atoms with E-state index in [1.165, 1.54) is 0 Å². The van der Waals surface area contributed by atoms with Gasteiger partial charge in [0.1, 0.15) is 5.76 Å². The third kappa shape index (κ3) is 4.73. The van der Waals surface area contributed by atoms with E-state index in [4.69, 9.17) is 4.43 Å². The molecule has 0 aromatic heterocycles. The Labute approximate surface area is 137 Å². The molecule has 23 heavy (non-hydrogen) atoms. The summed E-state index contributed by atoms with van der Waals surface area (Å²) < 4.78 is 70.4. The van der Waals surface area contributed by atoms with E-state index in [0.717, 1.165) is 0 Å². The lowest BCUT2D eigenvalue weighted by Crippen LogP contribution is -2.45. The topological polar surface area (TPSA) is 52.6 Å². The van der Waals surface area contributed by atoms with Gasteiger partial charge in [0.25, 0.3) is 0 Å². The second-order valence-electron chi connectivity index (χ2n) is 7.35. The van der Waals surface area contributed by atoms with Gasteiger partial charge in [0.2, 0.25) is 0 Å².